The first-order valence-corrected chi connectivity index (χ1v) is 8.59. The topological polar surface area (TPSA) is 12.0 Å². The average Bonchev–Trinajstić information content (AvgIpc) is 2.88. The summed E-state index contributed by atoms with van der Waals surface area (Å²) in [4.78, 5) is 1.44. The van der Waals surface area contributed by atoms with E-state index in [0.717, 1.165) is 12.5 Å². The molecule has 0 atom stereocenters. The van der Waals surface area contributed by atoms with E-state index >= 15 is 0 Å². The molecule has 0 radical (unpaired) electrons. The smallest absolute Gasteiger partial charge is 0.0210 e. The Labute approximate surface area is 122 Å². The summed E-state index contributed by atoms with van der Waals surface area (Å²) in [5.41, 5.74) is 2.85. The second kappa shape index (κ2) is 7.35. The van der Waals surface area contributed by atoms with Gasteiger partial charge in [-0.2, -0.15) is 0 Å². The maximum atomic E-state index is 3.49. The van der Waals surface area contributed by atoms with Crippen molar-refractivity contribution in [2.24, 2.45) is 5.92 Å². The van der Waals surface area contributed by atoms with Crippen molar-refractivity contribution in [3.63, 3.8) is 0 Å². The van der Waals surface area contributed by atoms with Gasteiger partial charge in [0, 0.05) is 23.2 Å². The van der Waals surface area contributed by atoms with Gasteiger partial charge in [-0.1, -0.05) is 32.8 Å². The number of benzene rings is 1. The van der Waals surface area contributed by atoms with Crippen LogP contribution in [-0.4, -0.2) is 11.8 Å². The Morgan fingerprint density at radius 3 is 2.63 bits per heavy atom. The predicted octanol–water partition coefficient (Wildman–Crippen LogP) is 4.78. The first-order valence-electron chi connectivity index (χ1n) is 7.61. The van der Waals surface area contributed by atoms with Crippen LogP contribution >= 0.6 is 11.8 Å². The highest BCUT2D eigenvalue weighted by atomic mass is 32.2. The number of aryl methyl sites for hydroxylation is 1. The summed E-state index contributed by atoms with van der Waals surface area (Å²) in [6, 6.07) is 7.50. The molecule has 0 bridgehead atoms. The molecule has 0 heterocycles. The summed E-state index contributed by atoms with van der Waals surface area (Å²) in [7, 11) is 0. The highest BCUT2D eigenvalue weighted by molar-refractivity contribution is 7.99. The van der Waals surface area contributed by atoms with Gasteiger partial charge in [0.05, 0.1) is 0 Å². The Balaban J connectivity index is 1.86. The van der Waals surface area contributed by atoms with Gasteiger partial charge in [-0.25, -0.2) is 0 Å². The lowest BCUT2D eigenvalue weighted by Crippen LogP contribution is -2.22. The Bertz CT molecular complexity index is 394. The molecular weight excluding hydrogens is 250 g/mol. The van der Waals surface area contributed by atoms with Crippen LogP contribution in [0.1, 0.15) is 50.7 Å². The molecule has 0 aliphatic heterocycles. The molecule has 1 aliphatic carbocycles. The van der Waals surface area contributed by atoms with Crippen molar-refractivity contribution in [1.82, 2.24) is 5.32 Å². The van der Waals surface area contributed by atoms with Crippen molar-refractivity contribution in [1.29, 1.82) is 0 Å². The largest absolute Gasteiger partial charge is 0.310 e. The van der Waals surface area contributed by atoms with Crippen molar-refractivity contribution >= 4 is 11.8 Å². The van der Waals surface area contributed by atoms with E-state index in [9.17, 15) is 0 Å². The molecule has 1 N–H and O–H groups in total. The van der Waals surface area contributed by atoms with Gasteiger partial charge >= 0.3 is 0 Å². The molecule has 1 fully saturated rings. The molecular formula is C17H27NS. The normalized spacial score (nSPS) is 16.4. The third-order valence-corrected chi connectivity index (χ3v) is 5.20. The second-order valence-electron chi connectivity index (χ2n) is 6.09. The molecule has 1 aromatic rings. The predicted molar refractivity (Wildman–Crippen MR) is 85.8 cm³/mol. The van der Waals surface area contributed by atoms with Gasteiger partial charge in [-0.3, -0.25) is 0 Å². The van der Waals surface area contributed by atoms with Crippen LogP contribution in [0, 0.1) is 12.8 Å². The van der Waals surface area contributed by atoms with Crippen molar-refractivity contribution in [3.05, 3.63) is 29.3 Å². The lowest BCUT2D eigenvalue weighted by atomic mass is 10.1. The number of hydrogen-bond acceptors (Lipinski definition) is 2. The van der Waals surface area contributed by atoms with Crippen molar-refractivity contribution in [2.75, 3.05) is 5.75 Å². The summed E-state index contributed by atoms with van der Waals surface area (Å²) >= 11 is 2.04. The van der Waals surface area contributed by atoms with E-state index in [1.54, 1.807) is 0 Å². The molecule has 1 saturated carbocycles. The fourth-order valence-corrected chi connectivity index (χ4v) is 3.85. The molecule has 1 nitrogen and oxygen atoms in total. The maximum absolute atomic E-state index is 3.49. The third-order valence-electron chi connectivity index (χ3n) is 3.98. The third kappa shape index (κ3) is 4.85. The minimum atomic E-state index is 0.552. The lowest BCUT2D eigenvalue weighted by Gasteiger charge is -2.13. The number of hydrogen-bond donors (Lipinski definition) is 1. The zero-order chi connectivity index (χ0) is 13.7. The zero-order valence-electron chi connectivity index (χ0n) is 12.5. The Morgan fingerprint density at radius 2 is 2.00 bits per heavy atom. The Kier molecular flexibility index (Phi) is 5.77. The van der Waals surface area contributed by atoms with Crippen molar-refractivity contribution < 1.29 is 0 Å². The SMILES string of the molecule is Cc1cc(SCC2CCCC2)ccc1CNC(C)C. The maximum Gasteiger partial charge on any atom is 0.0210 e. The quantitative estimate of drug-likeness (QED) is 0.751. The van der Waals surface area contributed by atoms with Crippen LogP contribution in [0.2, 0.25) is 0 Å². The number of thioether (sulfide) groups is 1. The minimum absolute atomic E-state index is 0.552. The molecule has 0 unspecified atom stereocenters. The van der Waals surface area contributed by atoms with E-state index in [0.29, 0.717) is 6.04 Å². The van der Waals surface area contributed by atoms with Crippen LogP contribution in [0.5, 0.6) is 0 Å². The zero-order valence-corrected chi connectivity index (χ0v) is 13.4. The van der Waals surface area contributed by atoms with Crippen LogP contribution in [-0.2, 0) is 6.54 Å². The van der Waals surface area contributed by atoms with E-state index < -0.39 is 0 Å². The van der Waals surface area contributed by atoms with Gasteiger partial charge in [-0.05, 0) is 48.9 Å². The molecule has 106 valence electrons. The number of rotatable bonds is 6. The molecule has 2 heteroatoms. The molecule has 19 heavy (non-hydrogen) atoms. The summed E-state index contributed by atoms with van der Waals surface area (Å²) in [5.74, 6) is 2.27. The average molecular weight is 277 g/mol. The molecule has 0 amide bonds. The molecule has 1 aliphatic rings. The minimum Gasteiger partial charge on any atom is -0.310 e. The first-order chi connectivity index (χ1) is 9.15. The fraction of sp³-hybridized carbons (Fsp3) is 0.647. The van der Waals surface area contributed by atoms with Gasteiger partial charge in [-0.15, -0.1) is 11.8 Å². The van der Waals surface area contributed by atoms with Gasteiger partial charge in [0.1, 0.15) is 0 Å². The van der Waals surface area contributed by atoms with Crippen LogP contribution in [0.15, 0.2) is 23.1 Å². The molecule has 0 saturated heterocycles. The van der Waals surface area contributed by atoms with Crippen LogP contribution in [0.4, 0.5) is 0 Å². The van der Waals surface area contributed by atoms with E-state index in [2.05, 4.69) is 44.3 Å². The monoisotopic (exact) mass is 277 g/mol. The molecule has 0 aromatic heterocycles. The molecule has 2 rings (SSSR count). The van der Waals surface area contributed by atoms with Gasteiger partial charge in [0.15, 0.2) is 0 Å². The van der Waals surface area contributed by atoms with Crippen LogP contribution in [0.25, 0.3) is 0 Å². The highest BCUT2D eigenvalue weighted by Crippen LogP contribution is 2.31. The summed E-state index contributed by atoms with van der Waals surface area (Å²) < 4.78 is 0. The van der Waals surface area contributed by atoms with E-state index in [-0.39, 0.29) is 0 Å². The first kappa shape index (κ1) is 14.9. The Hall–Kier alpha value is -0.470. The second-order valence-corrected chi connectivity index (χ2v) is 7.18. The van der Waals surface area contributed by atoms with Crippen LogP contribution < -0.4 is 5.32 Å². The van der Waals surface area contributed by atoms with Crippen LogP contribution in [0.3, 0.4) is 0 Å². The van der Waals surface area contributed by atoms with E-state index in [1.165, 1.54) is 47.5 Å². The van der Waals surface area contributed by atoms with Crippen molar-refractivity contribution in [3.8, 4) is 0 Å². The molecule has 1 aromatic carbocycles. The van der Waals surface area contributed by atoms with Crippen molar-refractivity contribution in [2.45, 2.75) is 63.9 Å². The van der Waals surface area contributed by atoms with Gasteiger partial charge in [0.25, 0.3) is 0 Å². The molecule has 0 spiro atoms. The number of nitrogens with one attached hydrogen (secondary N) is 1. The van der Waals surface area contributed by atoms with Gasteiger partial charge < -0.3 is 5.32 Å². The summed E-state index contributed by atoms with van der Waals surface area (Å²) in [5, 5.41) is 3.49. The van der Waals surface area contributed by atoms with Gasteiger partial charge in [0.2, 0.25) is 0 Å². The summed E-state index contributed by atoms with van der Waals surface area (Å²) in [6.07, 6.45) is 5.79. The fourth-order valence-electron chi connectivity index (χ4n) is 2.66. The lowest BCUT2D eigenvalue weighted by molar-refractivity contribution is 0.587. The highest BCUT2D eigenvalue weighted by Gasteiger charge is 2.15. The summed E-state index contributed by atoms with van der Waals surface area (Å²) in [6.45, 7) is 7.61. The Morgan fingerprint density at radius 1 is 1.26 bits per heavy atom. The standard InChI is InChI=1S/C17H27NS/c1-13(2)18-11-16-8-9-17(10-14(16)3)19-12-15-6-4-5-7-15/h8-10,13,15,18H,4-7,11-12H2,1-3H3. The van der Waals surface area contributed by atoms with E-state index in [1.807, 2.05) is 11.8 Å². The van der Waals surface area contributed by atoms with E-state index in [4.69, 9.17) is 0 Å².